The third-order valence-corrected chi connectivity index (χ3v) is 6.94. The van der Waals surface area contributed by atoms with E-state index in [4.69, 9.17) is 34.8 Å². The van der Waals surface area contributed by atoms with Gasteiger partial charge in [0.1, 0.15) is 0 Å². The topological polar surface area (TPSA) is 66.5 Å². The van der Waals surface area contributed by atoms with E-state index in [1.807, 2.05) is 0 Å². The summed E-state index contributed by atoms with van der Waals surface area (Å²) < 4.78 is 26.7. The Hall–Kier alpha value is -2.25. The molecule has 0 aliphatic rings. The Kier molecular flexibility index (Phi) is 6.93. The summed E-state index contributed by atoms with van der Waals surface area (Å²) in [6, 6.07) is 17.5. The van der Waals surface area contributed by atoms with Gasteiger partial charge in [0.05, 0.1) is 27.7 Å². The van der Waals surface area contributed by atoms with Crippen LogP contribution in [-0.2, 0) is 21.2 Å². The molecule has 0 unspecified atom stereocenters. The number of halogens is 3. The Morgan fingerprint density at radius 1 is 0.900 bits per heavy atom. The number of benzene rings is 3. The van der Waals surface area contributed by atoms with Gasteiger partial charge in [-0.3, -0.25) is 9.10 Å². The fourth-order valence-electron chi connectivity index (χ4n) is 2.70. The molecule has 0 aliphatic heterocycles. The van der Waals surface area contributed by atoms with Crippen molar-refractivity contribution >= 4 is 62.1 Å². The van der Waals surface area contributed by atoms with Crippen molar-refractivity contribution in [2.24, 2.45) is 0 Å². The van der Waals surface area contributed by atoms with Crippen molar-refractivity contribution in [2.75, 3.05) is 16.7 Å². The van der Waals surface area contributed by atoms with Gasteiger partial charge in [-0.25, -0.2) is 8.42 Å². The molecule has 9 heteroatoms. The summed E-state index contributed by atoms with van der Waals surface area (Å²) in [7, 11) is -2.26. The molecule has 0 fully saturated rings. The summed E-state index contributed by atoms with van der Waals surface area (Å²) in [6.07, 6.45) is 0.104. The zero-order valence-corrected chi connectivity index (χ0v) is 18.9. The molecule has 0 radical (unpaired) electrons. The number of carbonyl (C=O) groups is 1. The van der Waals surface area contributed by atoms with E-state index < -0.39 is 10.0 Å². The van der Waals surface area contributed by atoms with Crippen LogP contribution in [0.5, 0.6) is 0 Å². The lowest BCUT2D eigenvalue weighted by molar-refractivity contribution is -0.115. The average Bonchev–Trinajstić information content (AvgIpc) is 2.70. The quantitative estimate of drug-likeness (QED) is 0.492. The van der Waals surface area contributed by atoms with Gasteiger partial charge in [0, 0.05) is 17.1 Å². The molecule has 0 saturated carbocycles. The van der Waals surface area contributed by atoms with Crippen LogP contribution >= 0.6 is 34.8 Å². The number of nitrogens with zero attached hydrogens (tertiary/aromatic N) is 1. The molecule has 3 aromatic carbocycles. The zero-order chi connectivity index (χ0) is 21.9. The minimum Gasteiger partial charge on any atom is -0.324 e. The van der Waals surface area contributed by atoms with Gasteiger partial charge in [-0.2, -0.15) is 0 Å². The van der Waals surface area contributed by atoms with E-state index in [0.29, 0.717) is 26.4 Å². The van der Waals surface area contributed by atoms with Gasteiger partial charge >= 0.3 is 0 Å². The fraction of sp³-hybridized carbons (Fsp3) is 0.0952. The highest BCUT2D eigenvalue weighted by Crippen LogP contribution is 2.26. The van der Waals surface area contributed by atoms with Gasteiger partial charge in [0.2, 0.25) is 5.91 Å². The first kappa shape index (κ1) is 22.4. The van der Waals surface area contributed by atoms with Crippen molar-refractivity contribution < 1.29 is 13.2 Å². The molecule has 1 amide bonds. The van der Waals surface area contributed by atoms with E-state index >= 15 is 0 Å². The largest absolute Gasteiger partial charge is 0.324 e. The van der Waals surface area contributed by atoms with Gasteiger partial charge in [-0.05, 0) is 60.2 Å². The molecule has 1 N–H and O–H groups in total. The van der Waals surface area contributed by atoms with Crippen molar-refractivity contribution in [3.05, 3.63) is 87.4 Å². The van der Waals surface area contributed by atoms with Crippen LogP contribution in [-0.4, -0.2) is 21.4 Å². The molecule has 3 aromatic rings. The van der Waals surface area contributed by atoms with Crippen molar-refractivity contribution in [1.82, 2.24) is 0 Å². The lowest BCUT2D eigenvalue weighted by Gasteiger charge is -2.20. The van der Waals surface area contributed by atoms with Crippen LogP contribution < -0.4 is 9.62 Å². The van der Waals surface area contributed by atoms with Gasteiger partial charge < -0.3 is 5.32 Å². The first-order valence-electron chi connectivity index (χ1n) is 8.75. The Morgan fingerprint density at radius 2 is 1.50 bits per heavy atom. The molecular weight excluding hydrogens is 467 g/mol. The normalized spacial score (nSPS) is 11.2. The summed E-state index contributed by atoms with van der Waals surface area (Å²) >= 11 is 17.7. The zero-order valence-electron chi connectivity index (χ0n) is 15.8. The summed E-state index contributed by atoms with van der Waals surface area (Å²) in [6.45, 7) is 0. The third-order valence-electron chi connectivity index (χ3n) is 4.34. The molecule has 30 heavy (non-hydrogen) atoms. The average molecular weight is 484 g/mol. The van der Waals surface area contributed by atoms with Crippen LogP contribution in [0.25, 0.3) is 0 Å². The maximum Gasteiger partial charge on any atom is 0.264 e. The van der Waals surface area contributed by atoms with Crippen LogP contribution in [0.4, 0.5) is 11.4 Å². The fourth-order valence-corrected chi connectivity index (χ4v) is 4.48. The summed E-state index contributed by atoms with van der Waals surface area (Å²) in [5, 5.41) is 4.01. The number of sulfonamides is 1. The highest BCUT2D eigenvalue weighted by molar-refractivity contribution is 7.92. The molecule has 156 valence electrons. The van der Waals surface area contributed by atoms with Crippen LogP contribution in [0, 0.1) is 0 Å². The third kappa shape index (κ3) is 5.26. The molecular formula is C21H17Cl3N2O3S. The summed E-state index contributed by atoms with van der Waals surface area (Å²) in [4.78, 5) is 12.4. The number of nitrogens with one attached hydrogen (secondary N) is 1. The predicted octanol–water partition coefficient (Wildman–Crippen LogP) is 5.65. The van der Waals surface area contributed by atoms with Gasteiger partial charge in [-0.15, -0.1) is 0 Å². The maximum absolute atomic E-state index is 12.8. The second-order valence-corrected chi connectivity index (χ2v) is 9.69. The predicted molar refractivity (Wildman–Crippen MR) is 122 cm³/mol. The Balaban J connectivity index is 1.69. The van der Waals surface area contributed by atoms with E-state index in [1.165, 1.54) is 35.6 Å². The molecule has 3 rings (SSSR count). The van der Waals surface area contributed by atoms with Crippen molar-refractivity contribution in [2.45, 2.75) is 11.3 Å². The molecule has 0 atom stereocenters. The molecule has 0 aliphatic carbocycles. The SMILES string of the molecule is CN(c1ccc(CC(=O)Nc2ccc(Cl)cc2Cl)cc1)S(=O)(=O)c1ccc(Cl)cc1. The Labute approximate surface area is 190 Å². The first-order chi connectivity index (χ1) is 14.2. The second kappa shape index (κ2) is 9.27. The second-order valence-electron chi connectivity index (χ2n) is 6.44. The monoisotopic (exact) mass is 482 g/mol. The highest BCUT2D eigenvalue weighted by atomic mass is 35.5. The molecule has 0 bridgehead atoms. The van der Waals surface area contributed by atoms with Crippen LogP contribution in [0.2, 0.25) is 15.1 Å². The van der Waals surface area contributed by atoms with E-state index in [0.717, 1.165) is 5.56 Å². The number of hydrogen-bond acceptors (Lipinski definition) is 3. The summed E-state index contributed by atoms with van der Waals surface area (Å²) in [5.41, 5.74) is 1.66. The van der Waals surface area contributed by atoms with E-state index in [2.05, 4.69) is 5.32 Å². The van der Waals surface area contributed by atoms with Crippen molar-refractivity contribution in [3.63, 3.8) is 0 Å². The molecule has 0 aromatic heterocycles. The lowest BCUT2D eigenvalue weighted by atomic mass is 10.1. The maximum atomic E-state index is 12.8. The van der Waals surface area contributed by atoms with E-state index in [1.54, 1.807) is 42.5 Å². The summed E-state index contributed by atoms with van der Waals surface area (Å²) in [5.74, 6) is -0.255. The van der Waals surface area contributed by atoms with Crippen LogP contribution in [0.15, 0.2) is 71.6 Å². The van der Waals surface area contributed by atoms with Crippen molar-refractivity contribution in [1.29, 1.82) is 0 Å². The smallest absolute Gasteiger partial charge is 0.264 e. The standard InChI is InChI=1S/C21H17Cl3N2O3S/c1-26(30(28,29)18-9-4-15(22)5-10-18)17-7-2-14(3-8-17)12-21(27)25-20-11-6-16(23)13-19(20)24/h2-11,13H,12H2,1H3,(H,25,27). The van der Waals surface area contributed by atoms with Gasteiger partial charge in [-0.1, -0.05) is 46.9 Å². The Morgan fingerprint density at radius 3 is 2.10 bits per heavy atom. The van der Waals surface area contributed by atoms with Crippen LogP contribution in [0.1, 0.15) is 5.56 Å². The van der Waals surface area contributed by atoms with Crippen LogP contribution in [0.3, 0.4) is 0 Å². The molecule has 0 saturated heterocycles. The van der Waals surface area contributed by atoms with Crippen molar-refractivity contribution in [3.8, 4) is 0 Å². The van der Waals surface area contributed by atoms with Gasteiger partial charge in [0.25, 0.3) is 10.0 Å². The molecule has 5 nitrogen and oxygen atoms in total. The van der Waals surface area contributed by atoms with E-state index in [-0.39, 0.29) is 17.2 Å². The first-order valence-corrected chi connectivity index (χ1v) is 11.3. The minimum absolute atomic E-state index is 0.104. The lowest BCUT2D eigenvalue weighted by Crippen LogP contribution is -2.26. The van der Waals surface area contributed by atoms with Gasteiger partial charge in [0.15, 0.2) is 0 Å². The molecule has 0 heterocycles. The number of carbonyl (C=O) groups excluding carboxylic acids is 1. The number of rotatable bonds is 6. The minimum atomic E-state index is -3.72. The number of hydrogen-bond donors (Lipinski definition) is 1. The molecule has 0 spiro atoms. The number of anilines is 2. The number of amides is 1. The Bertz CT molecular complexity index is 1170. The highest BCUT2D eigenvalue weighted by Gasteiger charge is 2.21. The van der Waals surface area contributed by atoms with E-state index in [9.17, 15) is 13.2 Å².